The molecular weight excluding hydrogens is 789 g/mol. The van der Waals surface area contributed by atoms with Gasteiger partial charge in [0.25, 0.3) is 0 Å². The topological polar surface area (TPSA) is 72.8 Å². The second-order valence-electron chi connectivity index (χ2n) is 17.9. The highest BCUT2D eigenvalue weighted by molar-refractivity contribution is 5.70. The van der Waals surface area contributed by atoms with E-state index in [-0.39, 0.29) is 25.2 Å². The van der Waals surface area contributed by atoms with Gasteiger partial charge in [0.05, 0.1) is 6.61 Å². The third-order valence-corrected chi connectivity index (χ3v) is 11.7. The summed E-state index contributed by atoms with van der Waals surface area (Å²) in [7, 11) is 0. The van der Waals surface area contributed by atoms with Crippen molar-refractivity contribution in [3.05, 3.63) is 85.1 Å². The highest BCUT2D eigenvalue weighted by Gasteiger charge is 2.16. The van der Waals surface area contributed by atoms with E-state index in [9.17, 15) is 14.7 Å². The fourth-order valence-corrected chi connectivity index (χ4v) is 7.61. The van der Waals surface area contributed by atoms with Crippen molar-refractivity contribution in [2.24, 2.45) is 0 Å². The quantitative estimate of drug-likeness (QED) is 0.0374. The normalized spacial score (nSPS) is 12.9. The molecule has 0 aliphatic carbocycles. The highest BCUT2D eigenvalue weighted by atomic mass is 16.6. The Bertz CT molecular complexity index is 1190. The van der Waals surface area contributed by atoms with E-state index in [1.807, 2.05) is 0 Å². The van der Waals surface area contributed by atoms with Crippen molar-refractivity contribution in [2.45, 2.75) is 264 Å². The van der Waals surface area contributed by atoms with Gasteiger partial charge in [-0.15, -0.1) is 0 Å². The van der Waals surface area contributed by atoms with E-state index in [0.29, 0.717) is 12.8 Å². The van der Waals surface area contributed by atoms with Gasteiger partial charge in [0.2, 0.25) is 0 Å². The van der Waals surface area contributed by atoms with Crippen LogP contribution in [0.5, 0.6) is 0 Å². The molecule has 0 rings (SSSR count). The molecule has 1 N–H and O–H groups in total. The number of esters is 2. The first kappa shape index (κ1) is 61.1. The van der Waals surface area contributed by atoms with Crippen molar-refractivity contribution < 1.29 is 24.2 Å². The van der Waals surface area contributed by atoms with Crippen LogP contribution in [0.2, 0.25) is 0 Å². The van der Waals surface area contributed by atoms with E-state index in [4.69, 9.17) is 9.47 Å². The Balaban J connectivity index is 3.54. The SMILES string of the molecule is CC/C=C\C/C=C\C/C=C\C/C=C\C/C=C\C/C=C\CCCCCCC(=O)OC(CO)COC(=O)CCCCCCCCCCCCCCCCC/C=C\CCCCCCCCCC. The minimum Gasteiger partial charge on any atom is -0.462 e. The van der Waals surface area contributed by atoms with Gasteiger partial charge in [0.15, 0.2) is 6.10 Å². The Morgan fingerprint density at radius 2 is 0.672 bits per heavy atom. The van der Waals surface area contributed by atoms with Crippen LogP contribution in [0.3, 0.4) is 0 Å². The number of carbonyl (C=O) groups is 2. The minimum atomic E-state index is -0.791. The van der Waals surface area contributed by atoms with Gasteiger partial charge in [-0.2, -0.15) is 0 Å². The number of hydrogen-bond acceptors (Lipinski definition) is 5. The maximum absolute atomic E-state index is 12.3. The molecule has 0 bridgehead atoms. The second kappa shape index (κ2) is 54.4. The number of allylic oxidation sites excluding steroid dienone is 14. The largest absolute Gasteiger partial charge is 0.462 e. The van der Waals surface area contributed by atoms with Crippen LogP contribution in [-0.2, 0) is 19.1 Å². The summed E-state index contributed by atoms with van der Waals surface area (Å²) in [6.45, 7) is 4.02. The third kappa shape index (κ3) is 51.7. The number of hydrogen-bond donors (Lipinski definition) is 1. The summed E-state index contributed by atoms with van der Waals surface area (Å²) in [6.07, 6.45) is 75.5. The zero-order valence-electron chi connectivity index (χ0n) is 42.0. The summed E-state index contributed by atoms with van der Waals surface area (Å²) in [5.74, 6) is -0.617. The molecule has 0 aromatic rings. The fraction of sp³-hybridized carbons (Fsp3) is 0.729. The van der Waals surface area contributed by atoms with Crippen LogP contribution in [0.15, 0.2) is 85.1 Å². The maximum Gasteiger partial charge on any atom is 0.306 e. The monoisotopic (exact) mass is 891 g/mol. The van der Waals surface area contributed by atoms with Gasteiger partial charge >= 0.3 is 11.9 Å². The van der Waals surface area contributed by atoms with Crippen molar-refractivity contribution in [2.75, 3.05) is 13.2 Å². The van der Waals surface area contributed by atoms with Gasteiger partial charge < -0.3 is 14.6 Å². The lowest BCUT2D eigenvalue weighted by atomic mass is 10.0. The summed E-state index contributed by atoms with van der Waals surface area (Å²) < 4.78 is 10.7. The first-order chi connectivity index (χ1) is 31.6. The zero-order valence-corrected chi connectivity index (χ0v) is 42.0. The van der Waals surface area contributed by atoms with Gasteiger partial charge in [0.1, 0.15) is 6.61 Å². The lowest BCUT2D eigenvalue weighted by molar-refractivity contribution is -0.161. The Labute approximate surface area is 396 Å². The molecule has 0 saturated heterocycles. The smallest absolute Gasteiger partial charge is 0.306 e. The van der Waals surface area contributed by atoms with Crippen molar-refractivity contribution in [1.82, 2.24) is 0 Å². The molecule has 5 nitrogen and oxygen atoms in total. The summed E-state index contributed by atoms with van der Waals surface area (Å²) >= 11 is 0. The molecule has 64 heavy (non-hydrogen) atoms. The highest BCUT2D eigenvalue weighted by Crippen LogP contribution is 2.16. The van der Waals surface area contributed by atoms with Crippen LogP contribution in [0.25, 0.3) is 0 Å². The molecule has 0 spiro atoms. The van der Waals surface area contributed by atoms with Crippen molar-refractivity contribution in [3.8, 4) is 0 Å². The number of aliphatic hydroxyl groups excluding tert-OH is 1. The predicted molar refractivity (Wildman–Crippen MR) is 279 cm³/mol. The van der Waals surface area contributed by atoms with Crippen LogP contribution in [-0.4, -0.2) is 36.4 Å². The van der Waals surface area contributed by atoms with Crippen LogP contribution >= 0.6 is 0 Å². The van der Waals surface area contributed by atoms with E-state index in [1.165, 1.54) is 141 Å². The molecular formula is C59H102O5. The molecule has 0 heterocycles. The van der Waals surface area contributed by atoms with Gasteiger partial charge in [-0.25, -0.2) is 0 Å². The second-order valence-corrected chi connectivity index (χ2v) is 17.9. The van der Waals surface area contributed by atoms with Gasteiger partial charge in [-0.1, -0.05) is 240 Å². The average Bonchev–Trinajstić information content (AvgIpc) is 3.30. The molecule has 0 fully saturated rings. The Hall–Kier alpha value is -2.92. The molecule has 1 atom stereocenters. The molecule has 0 radical (unpaired) electrons. The molecule has 0 amide bonds. The molecule has 5 heteroatoms. The molecule has 0 aromatic carbocycles. The van der Waals surface area contributed by atoms with E-state index in [0.717, 1.165) is 89.9 Å². The first-order valence-corrected chi connectivity index (χ1v) is 27.1. The standard InChI is InChI=1S/C59H102O5/c1-3-5-7-9-11-13-15-17-19-21-23-25-27-28-29-30-32-33-35-37-39-41-43-45-47-49-51-53-58(61)63-56-57(55-60)64-59(62)54-52-50-48-46-44-42-40-38-36-34-31-26-24-22-20-18-16-14-12-10-8-6-4-2/h6,8,12,14,18,20-21,23-24,26,34,36,40,42,57,60H,3-5,7,9-11,13,15-17,19,22,25,27-33,35,37-39,41,43-56H2,1-2H3/b8-6-,14-12-,20-18-,23-21-,26-24-,36-34-,42-40-. The van der Waals surface area contributed by atoms with Crippen LogP contribution in [0.1, 0.15) is 258 Å². The van der Waals surface area contributed by atoms with E-state index >= 15 is 0 Å². The van der Waals surface area contributed by atoms with Crippen molar-refractivity contribution in [1.29, 1.82) is 0 Å². The van der Waals surface area contributed by atoms with Crippen LogP contribution < -0.4 is 0 Å². The van der Waals surface area contributed by atoms with Crippen molar-refractivity contribution in [3.63, 3.8) is 0 Å². The van der Waals surface area contributed by atoms with Crippen LogP contribution in [0.4, 0.5) is 0 Å². The van der Waals surface area contributed by atoms with Gasteiger partial charge in [-0.3, -0.25) is 9.59 Å². The summed E-state index contributed by atoms with van der Waals surface area (Å²) in [4.78, 5) is 24.5. The summed E-state index contributed by atoms with van der Waals surface area (Å²) in [5, 5.41) is 9.64. The van der Waals surface area contributed by atoms with Crippen molar-refractivity contribution >= 4 is 11.9 Å². The number of aliphatic hydroxyl groups is 1. The summed E-state index contributed by atoms with van der Waals surface area (Å²) in [5.41, 5.74) is 0. The number of unbranched alkanes of at least 4 members (excludes halogenated alkanes) is 27. The Kier molecular flexibility index (Phi) is 51.9. The molecule has 1 unspecified atom stereocenters. The number of rotatable bonds is 49. The van der Waals surface area contributed by atoms with E-state index in [1.54, 1.807) is 0 Å². The first-order valence-electron chi connectivity index (χ1n) is 27.1. The number of ether oxygens (including phenoxy) is 2. The number of carbonyl (C=O) groups excluding carboxylic acids is 2. The Morgan fingerprint density at radius 1 is 0.375 bits per heavy atom. The molecule has 0 aromatic heterocycles. The molecule has 0 saturated carbocycles. The summed E-state index contributed by atoms with van der Waals surface area (Å²) in [6, 6.07) is 0. The van der Waals surface area contributed by atoms with Gasteiger partial charge in [0, 0.05) is 12.8 Å². The third-order valence-electron chi connectivity index (χ3n) is 11.7. The predicted octanol–water partition coefficient (Wildman–Crippen LogP) is 18.2. The molecule has 0 aliphatic heterocycles. The molecule has 0 aliphatic rings. The Morgan fingerprint density at radius 3 is 1.03 bits per heavy atom. The molecule has 368 valence electrons. The van der Waals surface area contributed by atoms with E-state index in [2.05, 4.69) is 98.9 Å². The van der Waals surface area contributed by atoms with Crippen LogP contribution in [0, 0.1) is 0 Å². The van der Waals surface area contributed by atoms with Gasteiger partial charge in [-0.05, 0) is 89.9 Å². The fourth-order valence-electron chi connectivity index (χ4n) is 7.61. The zero-order chi connectivity index (χ0) is 46.3. The lowest BCUT2D eigenvalue weighted by Gasteiger charge is -2.15. The van der Waals surface area contributed by atoms with E-state index < -0.39 is 6.10 Å². The minimum absolute atomic E-state index is 0.0790. The average molecular weight is 891 g/mol. The lowest BCUT2D eigenvalue weighted by Crippen LogP contribution is -2.28. The maximum atomic E-state index is 12.3.